The molecule has 0 spiro atoms. The molecule has 0 aliphatic carbocycles. The Balaban J connectivity index is 0.00000264. The van der Waals surface area contributed by atoms with Crippen molar-refractivity contribution in [3.05, 3.63) is 35.4 Å². The number of piperidine rings is 1. The summed E-state index contributed by atoms with van der Waals surface area (Å²) in [5.41, 5.74) is 5.20. The van der Waals surface area contributed by atoms with Gasteiger partial charge >= 0.3 is 6.18 Å². The van der Waals surface area contributed by atoms with Gasteiger partial charge < -0.3 is 10.6 Å². The molecule has 1 aromatic rings. The predicted octanol–water partition coefficient (Wildman–Crippen LogP) is 3.40. The largest absolute Gasteiger partial charge is 0.416 e. The van der Waals surface area contributed by atoms with Gasteiger partial charge in [-0.3, -0.25) is 4.79 Å². The van der Waals surface area contributed by atoms with E-state index in [2.05, 4.69) is 0 Å². The van der Waals surface area contributed by atoms with Gasteiger partial charge in [-0.15, -0.1) is 12.4 Å². The van der Waals surface area contributed by atoms with Crippen LogP contribution in [0.5, 0.6) is 0 Å². The van der Waals surface area contributed by atoms with Gasteiger partial charge in [0.05, 0.1) is 12.0 Å². The van der Waals surface area contributed by atoms with Gasteiger partial charge in [-0.25, -0.2) is 0 Å². The lowest BCUT2D eigenvalue weighted by Gasteiger charge is -2.38. The summed E-state index contributed by atoms with van der Waals surface area (Å²) in [6.07, 6.45) is -2.01. The van der Waals surface area contributed by atoms with Crippen molar-refractivity contribution in [3.63, 3.8) is 0 Å². The summed E-state index contributed by atoms with van der Waals surface area (Å²) in [4.78, 5) is 14.1. The highest BCUT2D eigenvalue weighted by atomic mass is 35.5. The molecule has 1 saturated heterocycles. The number of nitrogens with two attached hydrogens (primary N) is 1. The van der Waals surface area contributed by atoms with E-state index in [0.29, 0.717) is 6.54 Å². The normalized spacial score (nSPS) is 19.9. The van der Waals surface area contributed by atoms with Crippen LogP contribution in [0.15, 0.2) is 24.3 Å². The minimum Gasteiger partial charge on any atom is -0.338 e. The van der Waals surface area contributed by atoms with Crippen LogP contribution < -0.4 is 5.73 Å². The Morgan fingerprint density at radius 1 is 1.35 bits per heavy atom. The fourth-order valence-corrected chi connectivity index (χ4v) is 3.03. The molecule has 7 heteroatoms. The van der Waals surface area contributed by atoms with Gasteiger partial charge in [0.1, 0.15) is 0 Å². The van der Waals surface area contributed by atoms with Gasteiger partial charge in [0.2, 0.25) is 5.91 Å². The first-order valence-electron chi connectivity index (χ1n) is 7.51. The summed E-state index contributed by atoms with van der Waals surface area (Å²) in [7, 11) is 0. The van der Waals surface area contributed by atoms with E-state index in [9.17, 15) is 18.0 Å². The quantitative estimate of drug-likeness (QED) is 0.908. The molecule has 2 N–H and O–H groups in total. The maximum Gasteiger partial charge on any atom is 0.416 e. The topological polar surface area (TPSA) is 46.3 Å². The first kappa shape index (κ1) is 19.8. The van der Waals surface area contributed by atoms with E-state index in [1.165, 1.54) is 18.2 Å². The predicted molar refractivity (Wildman–Crippen MR) is 85.4 cm³/mol. The van der Waals surface area contributed by atoms with Gasteiger partial charge in [-0.1, -0.05) is 18.2 Å². The molecular formula is C16H22ClF3N2O. The molecule has 2 rings (SSSR count). The Labute approximate surface area is 140 Å². The third-order valence-corrected chi connectivity index (χ3v) is 4.14. The second-order valence-corrected chi connectivity index (χ2v) is 5.84. The maximum atomic E-state index is 13.0. The fraction of sp³-hybridized carbons (Fsp3) is 0.562. The lowest BCUT2D eigenvalue weighted by Crippen LogP contribution is -2.52. The van der Waals surface area contributed by atoms with Crippen molar-refractivity contribution < 1.29 is 18.0 Å². The lowest BCUT2D eigenvalue weighted by molar-refractivity contribution is -0.139. The fourth-order valence-electron chi connectivity index (χ4n) is 3.03. The summed E-state index contributed by atoms with van der Waals surface area (Å²) in [6, 6.07) is 4.98. The monoisotopic (exact) mass is 350 g/mol. The summed E-state index contributed by atoms with van der Waals surface area (Å²) in [6.45, 7) is 2.40. The molecule has 3 nitrogen and oxygen atoms in total. The Kier molecular flexibility index (Phi) is 6.89. The number of halogens is 4. The zero-order chi connectivity index (χ0) is 16.3. The number of benzene rings is 1. The third kappa shape index (κ3) is 4.85. The second kappa shape index (κ2) is 8.02. The Morgan fingerprint density at radius 2 is 2.00 bits per heavy atom. The maximum absolute atomic E-state index is 13.0. The van der Waals surface area contributed by atoms with Crippen molar-refractivity contribution in [2.45, 2.75) is 50.9 Å². The highest BCUT2D eigenvalue weighted by Crippen LogP contribution is 2.32. The highest BCUT2D eigenvalue weighted by Gasteiger charge is 2.35. The van der Waals surface area contributed by atoms with Gasteiger partial charge in [0.25, 0.3) is 0 Å². The number of hydrogen-bond acceptors (Lipinski definition) is 2. The number of rotatable bonds is 3. The minimum absolute atomic E-state index is 0. The Hall–Kier alpha value is -1.27. The van der Waals surface area contributed by atoms with Gasteiger partial charge in [0, 0.05) is 18.6 Å². The molecule has 23 heavy (non-hydrogen) atoms. The van der Waals surface area contributed by atoms with Crippen molar-refractivity contribution in [1.29, 1.82) is 0 Å². The Bertz CT molecular complexity index is 534. The summed E-state index contributed by atoms with van der Waals surface area (Å²) < 4.78 is 39.0. The summed E-state index contributed by atoms with van der Waals surface area (Å²) in [5.74, 6) is -0.279. The zero-order valence-electron chi connectivity index (χ0n) is 13.0. The van der Waals surface area contributed by atoms with Crippen molar-refractivity contribution in [2.24, 2.45) is 5.73 Å². The first-order valence-corrected chi connectivity index (χ1v) is 7.51. The lowest BCUT2D eigenvalue weighted by atomic mass is 9.95. The standard InChI is InChI=1S/C16H21F3N2O.ClH/c1-11(20)14-8-4-5-9-21(14)15(22)10-12-6-2-3-7-13(12)16(17,18)19;/h2-3,6-7,11,14H,4-5,8-10,20H2,1H3;1H. The van der Waals surface area contributed by atoms with E-state index in [4.69, 9.17) is 5.73 Å². The molecular weight excluding hydrogens is 329 g/mol. The average molecular weight is 351 g/mol. The van der Waals surface area contributed by atoms with Crippen LogP contribution in [-0.4, -0.2) is 29.4 Å². The van der Waals surface area contributed by atoms with Crippen molar-refractivity contribution in [1.82, 2.24) is 4.90 Å². The van der Waals surface area contributed by atoms with Crippen molar-refractivity contribution in [2.75, 3.05) is 6.54 Å². The Morgan fingerprint density at radius 3 is 2.61 bits per heavy atom. The SMILES string of the molecule is CC(N)C1CCCCN1C(=O)Cc1ccccc1C(F)(F)F.Cl. The molecule has 1 aliphatic heterocycles. The third-order valence-electron chi connectivity index (χ3n) is 4.14. The number of alkyl halides is 3. The molecule has 1 aliphatic rings. The molecule has 1 aromatic carbocycles. The van der Waals surface area contributed by atoms with Crippen LogP contribution in [0.3, 0.4) is 0 Å². The van der Waals surface area contributed by atoms with Crippen molar-refractivity contribution in [3.8, 4) is 0 Å². The molecule has 2 atom stereocenters. The highest BCUT2D eigenvalue weighted by molar-refractivity contribution is 5.85. The number of hydrogen-bond donors (Lipinski definition) is 1. The number of carbonyl (C=O) groups excluding carboxylic acids is 1. The van der Waals surface area contributed by atoms with E-state index >= 15 is 0 Å². The molecule has 1 fully saturated rings. The van der Waals surface area contributed by atoms with Crippen molar-refractivity contribution >= 4 is 18.3 Å². The molecule has 0 saturated carbocycles. The minimum atomic E-state index is -4.45. The number of nitrogens with zero attached hydrogens (tertiary/aromatic N) is 1. The molecule has 1 heterocycles. The van der Waals surface area contributed by atoms with Gasteiger partial charge in [0.15, 0.2) is 0 Å². The second-order valence-electron chi connectivity index (χ2n) is 5.84. The van der Waals surface area contributed by atoms with Gasteiger partial charge in [-0.2, -0.15) is 13.2 Å². The molecule has 2 unspecified atom stereocenters. The molecule has 0 radical (unpaired) electrons. The van der Waals surface area contributed by atoms with Crippen LogP contribution in [0, 0.1) is 0 Å². The molecule has 0 bridgehead atoms. The molecule has 130 valence electrons. The van der Waals surface area contributed by atoms with Crippen LogP contribution in [-0.2, 0) is 17.4 Å². The van der Waals surface area contributed by atoms with E-state index < -0.39 is 11.7 Å². The van der Waals surface area contributed by atoms with E-state index in [-0.39, 0.29) is 42.4 Å². The number of carbonyl (C=O) groups is 1. The summed E-state index contributed by atoms with van der Waals surface area (Å²) in [5, 5.41) is 0. The number of amides is 1. The van der Waals surface area contributed by atoms with Crippen LogP contribution in [0.25, 0.3) is 0 Å². The van der Waals surface area contributed by atoms with E-state index in [1.54, 1.807) is 4.90 Å². The van der Waals surface area contributed by atoms with Crippen LogP contribution in [0.2, 0.25) is 0 Å². The number of likely N-dealkylation sites (tertiary alicyclic amines) is 1. The van der Waals surface area contributed by atoms with E-state index in [1.807, 2.05) is 6.92 Å². The smallest absolute Gasteiger partial charge is 0.338 e. The molecule has 1 amide bonds. The van der Waals surface area contributed by atoms with Crippen LogP contribution in [0.4, 0.5) is 13.2 Å². The summed E-state index contributed by atoms with van der Waals surface area (Å²) >= 11 is 0. The first-order chi connectivity index (χ1) is 10.3. The van der Waals surface area contributed by atoms with E-state index in [0.717, 1.165) is 25.3 Å². The van der Waals surface area contributed by atoms with Crippen LogP contribution >= 0.6 is 12.4 Å². The molecule has 0 aromatic heterocycles. The van der Waals surface area contributed by atoms with Crippen LogP contribution in [0.1, 0.15) is 37.3 Å². The van der Waals surface area contributed by atoms with Gasteiger partial charge in [-0.05, 0) is 37.8 Å². The zero-order valence-corrected chi connectivity index (χ0v) is 13.8. The average Bonchev–Trinajstić information content (AvgIpc) is 2.46.